The van der Waals surface area contributed by atoms with E-state index in [9.17, 15) is 14.4 Å². The fourth-order valence-electron chi connectivity index (χ4n) is 4.93. The lowest BCUT2D eigenvalue weighted by Crippen LogP contribution is -2.44. The highest BCUT2D eigenvalue weighted by Crippen LogP contribution is 2.42. The number of esters is 1. The fourth-order valence-corrected chi connectivity index (χ4v) is 4.93. The molecule has 0 aliphatic carbocycles. The third-order valence-corrected chi connectivity index (χ3v) is 6.81. The number of anilines is 2. The number of para-hydroxylation sites is 1. The van der Waals surface area contributed by atoms with Crippen LogP contribution in [0.25, 0.3) is 0 Å². The molecule has 0 saturated carbocycles. The zero-order valence-electron chi connectivity index (χ0n) is 21.7. The molecule has 9 nitrogen and oxygen atoms in total. The third kappa shape index (κ3) is 5.72. The summed E-state index contributed by atoms with van der Waals surface area (Å²) in [5.41, 5.74) is 2.73. The van der Waals surface area contributed by atoms with Crippen LogP contribution in [-0.4, -0.2) is 64.9 Å². The number of carbonyl (C=O) groups is 3. The van der Waals surface area contributed by atoms with Crippen molar-refractivity contribution in [1.29, 1.82) is 0 Å². The van der Waals surface area contributed by atoms with Crippen LogP contribution in [0.5, 0.6) is 11.5 Å². The maximum absolute atomic E-state index is 13.9. The molecule has 0 fully saturated rings. The summed E-state index contributed by atoms with van der Waals surface area (Å²) < 4.78 is 21.4. The predicted molar refractivity (Wildman–Crippen MR) is 139 cm³/mol. The average molecular weight is 511 g/mol. The lowest BCUT2D eigenvalue weighted by Gasteiger charge is -2.27. The van der Waals surface area contributed by atoms with E-state index in [4.69, 9.17) is 18.9 Å². The largest absolute Gasteiger partial charge is 0.493 e. The number of hydrogen-bond acceptors (Lipinski definition) is 7. The average Bonchev–Trinajstić information content (AvgIpc) is 3.24. The summed E-state index contributed by atoms with van der Waals surface area (Å²) in [6.07, 6.45) is 3.30. The van der Waals surface area contributed by atoms with Crippen molar-refractivity contribution in [3.8, 4) is 11.5 Å². The molecule has 0 saturated heterocycles. The van der Waals surface area contributed by atoms with Crippen molar-refractivity contribution < 1.29 is 33.3 Å². The second-order valence-electron chi connectivity index (χ2n) is 9.16. The van der Waals surface area contributed by atoms with E-state index in [1.54, 1.807) is 29.0 Å². The highest BCUT2D eigenvalue weighted by atomic mass is 16.5. The fraction of sp³-hybridized carbons (Fsp3) is 0.464. The van der Waals surface area contributed by atoms with Crippen LogP contribution in [0.15, 0.2) is 36.4 Å². The Bertz CT molecular complexity index is 1150. The Labute approximate surface area is 217 Å². The third-order valence-electron chi connectivity index (χ3n) is 6.81. The maximum Gasteiger partial charge on any atom is 0.306 e. The summed E-state index contributed by atoms with van der Waals surface area (Å²) in [5.74, 6) is -0.0157. The first-order valence-corrected chi connectivity index (χ1v) is 12.6. The molecule has 0 spiro atoms. The van der Waals surface area contributed by atoms with Gasteiger partial charge in [0.05, 0.1) is 44.5 Å². The first kappa shape index (κ1) is 26.5. The van der Waals surface area contributed by atoms with E-state index in [0.717, 1.165) is 30.5 Å². The molecule has 0 aromatic heterocycles. The summed E-state index contributed by atoms with van der Waals surface area (Å²) in [4.78, 5) is 42.5. The van der Waals surface area contributed by atoms with Crippen molar-refractivity contribution in [3.63, 3.8) is 0 Å². The van der Waals surface area contributed by atoms with Crippen LogP contribution >= 0.6 is 0 Å². The molecule has 0 N–H and O–H groups in total. The van der Waals surface area contributed by atoms with Gasteiger partial charge in [-0.2, -0.15) is 0 Å². The summed E-state index contributed by atoms with van der Waals surface area (Å²) in [7, 11) is 4.51. The summed E-state index contributed by atoms with van der Waals surface area (Å²) in [6, 6.07) is 10.9. The van der Waals surface area contributed by atoms with E-state index < -0.39 is 5.97 Å². The molecule has 37 heavy (non-hydrogen) atoms. The van der Waals surface area contributed by atoms with Crippen molar-refractivity contribution >= 4 is 29.2 Å². The number of hydrogen-bond donors (Lipinski definition) is 0. The Balaban J connectivity index is 1.68. The van der Waals surface area contributed by atoms with E-state index in [-0.39, 0.29) is 30.7 Å². The zero-order chi connectivity index (χ0) is 26.4. The molecule has 9 heteroatoms. The Morgan fingerprint density at radius 3 is 2.49 bits per heavy atom. The zero-order valence-corrected chi connectivity index (χ0v) is 21.7. The van der Waals surface area contributed by atoms with Crippen molar-refractivity contribution in [2.75, 3.05) is 50.9 Å². The molecule has 2 aromatic rings. The van der Waals surface area contributed by atoms with Gasteiger partial charge in [-0.15, -0.1) is 0 Å². The summed E-state index contributed by atoms with van der Waals surface area (Å²) in [5, 5.41) is 0. The predicted octanol–water partition coefficient (Wildman–Crippen LogP) is 3.76. The molecule has 2 aliphatic heterocycles. The topological polar surface area (TPSA) is 94.6 Å². The lowest BCUT2D eigenvalue weighted by molar-refractivity contribution is -0.141. The number of rotatable bonds is 11. The normalized spacial score (nSPS) is 16.0. The molecule has 2 aromatic carbocycles. The van der Waals surface area contributed by atoms with E-state index in [1.165, 1.54) is 14.2 Å². The Hall–Kier alpha value is -3.59. The first-order valence-electron chi connectivity index (χ1n) is 12.6. The number of nitrogens with zero attached hydrogens (tertiary/aromatic N) is 2. The SMILES string of the molecule is COCCCCCOc1cc2c(cc1OC)C(=O)N1c3ccccc3CC1CN2C(=O)CCC(=O)OC. The number of ether oxygens (including phenoxy) is 4. The van der Waals surface area contributed by atoms with E-state index >= 15 is 0 Å². The van der Waals surface area contributed by atoms with Gasteiger partial charge in [-0.3, -0.25) is 14.4 Å². The van der Waals surface area contributed by atoms with Crippen LogP contribution in [0.2, 0.25) is 0 Å². The second-order valence-corrected chi connectivity index (χ2v) is 9.16. The van der Waals surface area contributed by atoms with Crippen molar-refractivity contribution in [3.05, 3.63) is 47.5 Å². The minimum Gasteiger partial charge on any atom is -0.493 e. The molecule has 0 radical (unpaired) electrons. The molecule has 4 rings (SSSR count). The molecule has 2 amide bonds. The van der Waals surface area contributed by atoms with Gasteiger partial charge in [0.1, 0.15) is 0 Å². The minimum absolute atomic E-state index is 0.0261. The monoisotopic (exact) mass is 510 g/mol. The quantitative estimate of drug-likeness (QED) is 0.336. The van der Waals surface area contributed by atoms with Gasteiger partial charge in [-0.25, -0.2) is 0 Å². The van der Waals surface area contributed by atoms with Gasteiger partial charge in [0.25, 0.3) is 5.91 Å². The number of unbranched alkanes of at least 4 members (excludes halogenated alkanes) is 2. The molecule has 1 unspecified atom stereocenters. The van der Waals surface area contributed by atoms with Crippen LogP contribution in [0.4, 0.5) is 11.4 Å². The standard InChI is InChI=1S/C28H34N2O7/c1-34-13-7-4-8-14-37-25-17-23-21(16-24(25)35-2)28(33)30-20(15-19-9-5-6-10-22(19)30)18-29(23)26(31)11-12-27(32)36-3/h5-6,9-10,16-17,20H,4,7-8,11-15,18H2,1-3H3. The van der Waals surface area contributed by atoms with Crippen molar-refractivity contribution in [2.45, 2.75) is 44.6 Å². The van der Waals surface area contributed by atoms with Crippen LogP contribution in [0.3, 0.4) is 0 Å². The lowest BCUT2D eigenvalue weighted by atomic mass is 10.1. The number of fused-ring (bicyclic) bond motifs is 4. The number of carbonyl (C=O) groups excluding carboxylic acids is 3. The molecule has 1 atom stereocenters. The Morgan fingerprint density at radius 2 is 1.73 bits per heavy atom. The van der Waals surface area contributed by atoms with Gasteiger partial charge < -0.3 is 28.7 Å². The van der Waals surface area contributed by atoms with E-state index in [1.807, 2.05) is 24.3 Å². The van der Waals surface area contributed by atoms with Crippen molar-refractivity contribution in [1.82, 2.24) is 0 Å². The van der Waals surface area contributed by atoms with Gasteiger partial charge >= 0.3 is 5.97 Å². The molecule has 2 heterocycles. The highest BCUT2D eigenvalue weighted by Gasteiger charge is 2.41. The van der Waals surface area contributed by atoms with E-state index in [2.05, 4.69) is 0 Å². The van der Waals surface area contributed by atoms with Gasteiger partial charge in [0.15, 0.2) is 11.5 Å². The maximum atomic E-state index is 13.9. The van der Waals surface area contributed by atoms with Crippen LogP contribution in [0.1, 0.15) is 48.0 Å². The highest BCUT2D eigenvalue weighted by molar-refractivity contribution is 6.15. The molecule has 198 valence electrons. The number of amides is 2. The van der Waals surface area contributed by atoms with Crippen molar-refractivity contribution in [2.24, 2.45) is 0 Å². The number of methoxy groups -OCH3 is 3. The van der Waals surface area contributed by atoms with Crippen LogP contribution in [-0.2, 0) is 25.5 Å². The van der Waals surface area contributed by atoms with Crippen LogP contribution < -0.4 is 19.3 Å². The second kappa shape index (κ2) is 12.1. The van der Waals surface area contributed by atoms with Crippen LogP contribution in [0, 0.1) is 0 Å². The van der Waals surface area contributed by atoms with Gasteiger partial charge in [0.2, 0.25) is 5.91 Å². The van der Waals surface area contributed by atoms with E-state index in [0.29, 0.717) is 48.9 Å². The Morgan fingerprint density at radius 1 is 0.946 bits per heavy atom. The summed E-state index contributed by atoms with van der Waals surface area (Å²) in [6.45, 7) is 1.47. The molecular weight excluding hydrogens is 476 g/mol. The first-order chi connectivity index (χ1) is 18.0. The van der Waals surface area contributed by atoms with Gasteiger partial charge in [-0.1, -0.05) is 18.2 Å². The molecular formula is C28H34N2O7. The molecule has 2 aliphatic rings. The minimum atomic E-state index is -0.457. The van der Waals surface area contributed by atoms with Gasteiger partial charge in [0, 0.05) is 38.4 Å². The smallest absolute Gasteiger partial charge is 0.306 e. The Kier molecular flexibility index (Phi) is 8.66. The van der Waals surface area contributed by atoms with Gasteiger partial charge in [-0.05, 0) is 43.4 Å². The summed E-state index contributed by atoms with van der Waals surface area (Å²) >= 11 is 0. The molecule has 0 bridgehead atoms. The number of benzene rings is 2.